The molecule has 1 heterocycles. The van der Waals surface area contributed by atoms with Crippen molar-refractivity contribution in [1.29, 1.82) is 0 Å². The first-order valence-corrected chi connectivity index (χ1v) is 10.0. The van der Waals surface area contributed by atoms with Crippen LogP contribution in [0, 0.1) is 6.92 Å². The number of likely N-dealkylation sites (N-methyl/N-ethyl adjacent to an activating group) is 1. The number of hydrogen-bond donors (Lipinski definition) is 2. The summed E-state index contributed by atoms with van der Waals surface area (Å²) in [5.41, 5.74) is 2.61. The van der Waals surface area contributed by atoms with E-state index in [9.17, 15) is 4.79 Å². The highest BCUT2D eigenvalue weighted by atomic mass is 127. The Labute approximate surface area is 187 Å². The third-order valence-corrected chi connectivity index (χ3v) is 4.92. The summed E-state index contributed by atoms with van der Waals surface area (Å²) in [6.45, 7) is 8.23. The summed E-state index contributed by atoms with van der Waals surface area (Å²) in [4.78, 5) is 20.5. The predicted molar refractivity (Wildman–Crippen MR) is 128 cm³/mol. The van der Waals surface area contributed by atoms with E-state index in [1.54, 1.807) is 4.90 Å². The van der Waals surface area contributed by atoms with Gasteiger partial charge in [-0.05, 0) is 38.7 Å². The van der Waals surface area contributed by atoms with Crippen molar-refractivity contribution in [2.24, 2.45) is 4.99 Å². The highest BCUT2D eigenvalue weighted by molar-refractivity contribution is 14.0. The van der Waals surface area contributed by atoms with E-state index in [1.807, 2.05) is 14.1 Å². The van der Waals surface area contributed by atoms with E-state index in [4.69, 9.17) is 4.99 Å². The van der Waals surface area contributed by atoms with E-state index in [1.165, 1.54) is 11.1 Å². The van der Waals surface area contributed by atoms with Crippen molar-refractivity contribution in [1.82, 2.24) is 20.4 Å². The van der Waals surface area contributed by atoms with Crippen molar-refractivity contribution >= 4 is 35.8 Å². The van der Waals surface area contributed by atoms with E-state index in [-0.39, 0.29) is 29.9 Å². The van der Waals surface area contributed by atoms with Crippen LogP contribution in [0.15, 0.2) is 29.3 Å². The molecule has 0 atom stereocenters. The van der Waals surface area contributed by atoms with E-state index in [2.05, 4.69) is 53.6 Å². The number of halogens is 1. The molecule has 0 bridgehead atoms. The molecular weight excluding hydrogens is 465 g/mol. The van der Waals surface area contributed by atoms with Crippen LogP contribution in [0.2, 0.25) is 0 Å². The van der Waals surface area contributed by atoms with Gasteiger partial charge in [-0.1, -0.05) is 29.8 Å². The maximum atomic E-state index is 11.8. The van der Waals surface area contributed by atoms with Crippen LogP contribution in [0.1, 0.15) is 30.9 Å². The zero-order valence-electron chi connectivity index (χ0n) is 17.7. The Morgan fingerprint density at radius 1 is 1.21 bits per heavy atom. The van der Waals surface area contributed by atoms with Crippen molar-refractivity contribution < 1.29 is 4.79 Å². The van der Waals surface area contributed by atoms with Gasteiger partial charge in [0.05, 0.1) is 6.54 Å². The monoisotopic (exact) mass is 501 g/mol. The van der Waals surface area contributed by atoms with Crippen LogP contribution >= 0.6 is 24.0 Å². The molecule has 1 aromatic rings. The van der Waals surface area contributed by atoms with E-state index >= 15 is 0 Å². The quantitative estimate of drug-likeness (QED) is 0.342. The molecule has 1 fully saturated rings. The van der Waals surface area contributed by atoms with Gasteiger partial charge in [0.15, 0.2) is 5.96 Å². The number of aryl methyl sites for hydroxylation is 1. The Morgan fingerprint density at radius 2 is 1.86 bits per heavy atom. The molecule has 0 spiro atoms. The normalized spacial score (nSPS) is 15.6. The van der Waals surface area contributed by atoms with E-state index in [0.717, 1.165) is 51.4 Å². The average Bonchev–Trinajstić information content (AvgIpc) is 2.65. The molecule has 1 aromatic carbocycles. The minimum atomic E-state index is 0. The molecule has 1 aliphatic heterocycles. The lowest BCUT2D eigenvalue weighted by atomic mass is 10.1. The summed E-state index contributed by atoms with van der Waals surface area (Å²) < 4.78 is 0. The SMILES string of the molecule is CCNC(=NCCc1ccc(C)cc1)NC1CCN(CC(=O)N(C)C)CC1.I. The number of carbonyl (C=O) groups excluding carboxylic acids is 1. The molecule has 158 valence electrons. The van der Waals surface area contributed by atoms with Gasteiger partial charge in [-0.25, -0.2) is 0 Å². The van der Waals surface area contributed by atoms with Gasteiger partial charge in [0.2, 0.25) is 5.91 Å². The van der Waals surface area contributed by atoms with Crippen LogP contribution in [0.3, 0.4) is 0 Å². The number of piperidine rings is 1. The van der Waals surface area contributed by atoms with Crippen LogP contribution in [-0.2, 0) is 11.2 Å². The second kappa shape index (κ2) is 13.0. The molecule has 0 radical (unpaired) electrons. The maximum absolute atomic E-state index is 11.8. The van der Waals surface area contributed by atoms with Crippen LogP contribution in [0.5, 0.6) is 0 Å². The molecule has 28 heavy (non-hydrogen) atoms. The fourth-order valence-corrected chi connectivity index (χ4v) is 3.13. The zero-order chi connectivity index (χ0) is 19.6. The molecule has 6 nitrogen and oxygen atoms in total. The summed E-state index contributed by atoms with van der Waals surface area (Å²) in [5, 5.41) is 6.91. The Morgan fingerprint density at radius 3 is 2.43 bits per heavy atom. The zero-order valence-corrected chi connectivity index (χ0v) is 20.0. The fourth-order valence-electron chi connectivity index (χ4n) is 3.13. The second-order valence-electron chi connectivity index (χ2n) is 7.48. The molecular formula is C21H36IN5O. The van der Waals surface area contributed by atoms with Gasteiger partial charge in [-0.15, -0.1) is 24.0 Å². The Hall–Kier alpha value is -1.35. The standard InChI is InChI=1S/C21H35N5O.HI/c1-5-22-21(23-13-10-18-8-6-17(2)7-9-18)24-19-11-14-26(15-12-19)16-20(27)25(3)4;/h6-9,19H,5,10-16H2,1-4H3,(H2,22,23,24);1H. The highest BCUT2D eigenvalue weighted by Crippen LogP contribution is 2.10. The largest absolute Gasteiger partial charge is 0.357 e. The fraction of sp³-hybridized carbons (Fsp3) is 0.619. The molecule has 1 aliphatic rings. The predicted octanol–water partition coefficient (Wildman–Crippen LogP) is 2.26. The van der Waals surface area contributed by atoms with Gasteiger partial charge in [-0.3, -0.25) is 14.7 Å². The molecule has 0 aliphatic carbocycles. The van der Waals surface area contributed by atoms with Gasteiger partial charge in [-0.2, -0.15) is 0 Å². The Kier molecular flexibility index (Phi) is 11.4. The molecule has 0 unspecified atom stereocenters. The lowest BCUT2D eigenvalue weighted by Gasteiger charge is -2.33. The maximum Gasteiger partial charge on any atom is 0.236 e. The molecule has 0 saturated carbocycles. The number of carbonyl (C=O) groups is 1. The molecule has 7 heteroatoms. The van der Waals surface area contributed by atoms with Crippen molar-refractivity contribution in [3.63, 3.8) is 0 Å². The number of likely N-dealkylation sites (tertiary alicyclic amines) is 1. The summed E-state index contributed by atoms with van der Waals surface area (Å²) in [6, 6.07) is 9.06. The first kappa shape index (κ1) is 24.7. The second-order valence-corrected chi connectivity index (χ2v) is 7.48. The number of rotatable bonds is 7. The van der Waals surface area contributed by atoms with Crippen LogP contribution in [0.25, 0.3) is 0 Å². The van der Waals surface area contributed by atoms with E-state index < -0.39 is 0 Å². The Balaban J connectivity index is 0.00000392. The number of nitrogens with zero attached hydrogens (tertiary/aromatic N) is 3. The van der Waals surface area contributed by atoms with Gasteiger partial charge < -0.3 is 15.5 Å². The van der Waals surface area contributed by atoms with Gasteiger partial charge in [0.1, 0.15) is 0 Å². The summed E-state index contributed by atoms with van der Waals surface area (Å²) in [5.74, 6) is 1.07. The molecule has 1 saturated heterocycles. The smallest absolute Gasteiger partial charge is 0.236 e. The third-order valence-electron chi connectivity index (χ3n) is 4.92. The summed E-state index contributed by atoms with van der Waals surface area (Å²) in [7, 11) is 3.62. The van der Waals surface area contributed by atoms with Crippen molar-refractivity contribution in [2.45, 2.75) is 39.2 Å². The minimum absolute atomic E-state index is 0. The first-order valence-electron chi connectivity index (χ1n) is 10.0. The number of amides is 1. The summed E-state index contributed by atoms with van der Waals surface area (Å²) in [6.07, 6.45) is 3.01. The van der Waals surface area contributed by atoms with Gasteiger partial charge in [0.25, 0.3) is 0 Å². The van der Waals surface area contributed by atoms with Gasteiger partial charge >= 0.3 is 0 Å². The lowest BCUT2D eigenvalue weighted by Crippen LogP contribution is -2.50. The number of hydrogen-bond acceptors (Lipinski definition) is 3. The lowest BCUT2D eigenvalue weighted by molar-refractivity contribution is -0.130. The van der Waals surface area contributed by atoms with Gasteiger partial charge in [0, 0.05) is 46.3 Å². The van der Waals surface area contributed by atoms with Crippen LogP contribution in [0.4, 0.5) is 0 Å². The minimum Gasteiger partial charge on any atom is -0.357 e. The van der Waals surface area contributed by atoms with Crippen LogP contribution in [-0.4, -0.2) is 74.5 Å². The number of nitrogens with one attached hydrogen (secondary N) is 2. The highest BCUT2D eigenvalue weighted by Gasteiger charge is 2.21. The topological polar surface area (TPSA) is 60.0 Å². The molecule has 2 rings (SSSR count). The Bertz CT molecular complexity index is 610. The first-order chi connectivity index (χ1) is 13.0. The van der Waals surface area contributed by atoms with Crippen molar-refractivity contribution in [3.8, 4) is 0 Å². The van der Waals surface area contributed by atoms with Crippen LogP contribution < -0.4 is 10.6 Å². The van der Waals surface area contributed by atoms with Crippen molar-refractivity contribution in [2.75, 3.05) is 46.8 Å². The number of guanidine groups is 1. The molecule has 1 amide bonds. The van der Waals surface area contributed by atoms with Crippen molar-refractivity contribution in [3.05, 3.63) is 35.4 Å². The molecule has 2 N–H and O–H groups in total. The summed E-state index contributed by atoms with van der Waals surface area (Å²) >= 11 is 0. The van der Waals surface area contributed by atoms with E-state index in [0.29, 0.717) is 12.6 Å². The average molecular weight is 501 g/mol. The number of aliphatic imine (C=N–C) groups is 1. The molecule has 0 aromatic heterocycles. The number of benzene rings is 1. The third kappa shape index (κ3) is 8.77.